The van der Waals surface area contributed by atoms with E-state index in [4.69, 9.17) is 9.47 Å². The molecule has 0 bridgehead atoms. The van der Waals surface area contributed by atoms with E-state index in [-0.39, 0.29) is 11.3 Å². The maximum Gasteiger partial charge on any atom is 0.257 e. The molecule has 3 atom stereocenters. The van der Waals surface area contributed by atoms with E-state index >= 15 is 0 Å². The summed E-state index contributed by atoms with van der Waals surface area (Å²) in [5, 5.41) is 0. The maximum absolute atomic E-state index is 13.0. The van der Waals surface area contributed by atoms with Gasteiger partial charge in [0.05, 0.1) is 25.4 Å². The smallest absolute Gasteiger partial charge is 0.257 e. The Morgan fingerprint density at radius 3 is 2.71 bits per heavy atom. The highest BCUT2D eigenvalue weighted by molar-refractivity contribution is 5.93. The molecule has 0 N–H and O–H groups in total. The summed E-state index contributed by atoms with van der Waals surface area (Å²) in [6, 6.07) is 0.645. The van der Waals surface area contributed by atoms with Gasteiger partial charge in [0.15, 0.2) is 0 Å². The molecule has 3 fully saturated rings. The van der Waals surface area contributed by atoms with E-state index < -0.39 is 0 Å². The van der Waals surface area contributed by atoms with E-state index in [0.717, 1.165) is 58.8 Å². The Morgan fingerprint density at radius 1 is 1.25 bits per heavy atom. The number of morpholine rings is 1. The number of rotatable bonds is 4. The Bertz CT molecular complexity index is 677. The molecular weight excluding hydrogens is 356 g/mol. The molecule has 2 saturated heterocycles. The normalized spacial score (nSPS) is 31.4. The van der Waals surface area contributed by atoms with Crippen LogP contribution in [0.15, 0.2) is 12.4 Å². The third-order valence-corrected chi connectivity index (χ3v) is 6.96. The fourth-order valence-electron chi connectivity index (χ4n) is 5.41. The Morgan fingerprint density at radius 2 is 2.00 bits per heavy atom. The van der Waals surface area contributed by atoms with Gasteiger partial charge in [-0.05, 0) is 38.5 Å². The van der Waals surface area contributed by atoms with Gasteiger partial charge in [0, 0.05) is 57.1 Å². The number of aromatic nitrogens is 2. The Labute approximate surface area is 167 Å². The SMILES string of the molecule is COC[C@@]12CC[C@@H](N3CCOCC3)C[C@H]1CCN(C(=O)c1cnc(C)nc1)C2. The molecule has 2 aliphatic heterocycles. The summed E-state index contributed by atoms with van der Waals surface area (Å²) < 4.78 is 11.2. The molecule has 0 aromatic carbocycles. The highest BCUT2D eigenvalue weighted by Crippen LogP contribution is 2.48. The second-order valence-electron chi connectivity index (χ2n) is 8.60. The highest BCUT2D eigenvalue weighted by Gasteiger charge is 2.48. The quantitative estimate of drug-likeness (QED) is 0.783. The number of nitrogens with zero attached hydrogens (tertiary/aromatic N) is 4. The number of amides is 1. The molecule has 0 radical (unpaired) electrons. The third-order valence-electron chi connectivity index (χ3n) is 6.96. The summed E-state index contributed by atoms with van der Waals surface area (Å²) in [5.74, 6) is 1.34. The summed E-state index contributed by atoms with van der Waals surface area (Å²) in [6.45, 7) is 7.94. The first-order valence-electron chi connectivity index (χ1n) is 10.5. The summed E-state index contributed by atoms with van der Waals surface area (Å²) in [6.07, 6.45) is 7.84. The molecular formula is C21H32N4O3. The minimum Gasteiger partial charge on any atom is -0.384 e. The average Bonchev–Trinajstić information content (AvgIpc) is 2.74. The second kappa shape index (κ2) is 8.43. The van der Waals surface area contributed by atoms with Gasteiger partial charge in [0.25, 0.3) is 5.91 Å². The molecule has 4 rings (SSSR count). The van der Waals surface area contributed by atoms with Crippen molar-refractivity contribution in [2.24, 2.45) is 11.3 Å². The van der Waals surface area contributed by atoms with Crippen LogP contribution in [0.3, 0.4) is 0 Å². The molecule has 3 heterocycles. The lowest BCUT2D eigenvalue weighted by atomic mass is 9.61. The van der Waals surface area contributed by atoms with Crippen molar-refractivity contribution in [3.05, 3.63) is 23.8 Å². The second-order valence-corrected chi connectivity index (χ2v) is 8.60. The topological polar surface area (TPSA) is 67.8 Å². The number of likely N-dealkylation sites (tertiary alicyclic amines) is 1. The predicted molar refractivity (Wildman–Crippen MR) is 105 cm³/mol. The van der Waals surface area contributed by atoms with Gasteiger partial charge in [0.1, 0.15) is 5.82 Å². The number of piperidine rings is 1. The van der Waals surface area contributed by atoms with E-state index in [2.05, 4.69) is 14.9 Å². The fraction of sp³-hybridized carbons (Fsp3) is 0.762. The fourth-order valence-corrected chi connectivity index (χ4v) is 5.41. The number of hydrogen-bond acceptors (Lipinski definition) is 6. The molecule has 0 unspecified atom stereocenters. The first-order valence-corrected chi connectivity index (χ1v) is 10.5. The molecule has 28 heavy (non-hydrogen) atoms. The van der Waals surface area contributed by atoms with Gasteiger partial charge in [-0.1, -0.05) is 0 Å². The van der Waals surface area contributed by atoms with Crippen LogP contribution in [-0.2, 0) is 9.47 Å². The molecule has 1 saturated carbocycles. The highest BCUT2D eigenvalue weighted by atomic mass is 16.5. The predicted octanol–water partition coefficient (Wildman–Crippen LogP) is 1.76. The van der Waals surface area contributed by atoms with Crippen molar-refractivity contribution in [1.29, 1.82) is 0 Å². The van der Waals surface area contributed by atoms with Crippen molar-refractivity contribution in [2.45, 2.75) is 38.6 Å². The standard InChI is InChI=1S/C21H32N4O3/c1-16-22-12-17(13-23-16)20(26)25-6-4-18-11-19(24-7-9-28-10-8-24)3-5-21(18,14-25)15-27-2/h12-13,18-19H,3-11,14-15H2,1-2H3/t18-,19-,21+/m1/s1. The van der Waals surface area contributed by atoms with Crippen molar-refractivity contribution in [3.63, 3.8) is 0 Å². The van der Waals surface area contributed by atoms with Crippen LogP contribution < -0.4 is 0 Å². The lowest BCUT2D eigenvalue weighted by Gasteiger charge is -2.54. The molecule has 7 nitrogen and oxygen atoms in total. The van der Waals surface area contributed by atoms with Gasteiger partial charge in [0.2, 0.25) is 0 Å². The number of aryl methyl sites for hydroxylation is 1. The lowest BCUT2D eigenvalue weighted by molar-refractivity contribution is -0.0792. The number of fused-ring (bicyclic) bond motifs is 1. The average molecular weight is 389 g/mol. The Balaban J connectivity index is 1.46. The zero-order valence-electron chi connectivity index (χ0n) is 17.1. The van der Waals surface area contributed by atoms with E-state index in [9.17, 15) is 4.79 Å². The van der Waals surface area contributed by atoms with Crippen molar-refractivity contribution >= 4 is 5.91 Å². The summed E-state index contributed by atoms with van der Waals surface area (Å²) in [4.78, 5) is 26.0. The van der Waals surface area contributed by atoms with Gasteiger partial charge >= 0.3 is 0 Å². The van der Waals surface area contributed by atoms with Crippen LogP contribution in [0.2, 0.25) is 0 Å². The van der Waals surface area contributed by atoms with Crippen LogP contribution in [0.4, 0.5) is 0 Å². The molecule has 3 aliphatic rings. The molecule has 7 heteroatoms. The number of ether oxygens (including phenoxy) is 2. The van der Waals surface area contributed by atoms with Crippen LogP contribution in [0.5, 0.6) is 0 Å². The van der Waals surface area contributed by atoms with Crippen molar-refractivity contribution in [3.8, 4) is 0 Å². The van der Waals surface area contributed by atoms with Crippen LogP contribution in [0, 0.1) is 18.3 Å². The number of hydrogen-bond donors (Lipinski definition) is 0. The van der Waals surface area contributed by atoms with Gasteiger partial charge in [-0.3, -0.25) is 9.69 Å². The first-order chi connectivity index (χ1) is 13.6. The lowest BCUT2D eigenvalue weighted by Crippen LogP contribution is -2.58. The number of carbonyl (C=O) groups excluding carboxylic acids is 1. The summed E-state index contributed by atoms with van der Waals surface area (Å²) in [5.41, 5.74) is 0.649. The molecule has 0 spiro atoms. The number of methoxy groups -OCH3 is 1. The Hall–Kier alpha value is -1.57. The Kier molecular flexibility index (Phi) is 5.94. The third kappa shape index (κ3) is 3.93. The monoisotopic (exact) mass is 388 g/mol. The van der Waals surface area contributed by atoms with E-state index in [0.29, 0.717) is 23.3 Å². The van der Waals surface area contributed by atoms with E-state index in [1.807, 2.05) is 11.8 Å². The van der Waals surface area contributed by atoms with Crippen molar-refractivity contribution in [2.75, 3.05) is 53.1 Å². The minimum absolute atomic E-state index is 0.0456. The van der Waals surface area contributed by atoms with Crippen molar-refractivity contribution in [1.82, 2.24) is 19.8 Å². The van der Waals surface area contributed by atoms with E-state index in [1.165, 1.54) is 12.8 Å². The molecule has 154 valence electrons. The summed E-state index contributed by atoms with van der Waals surface area (Å²) >= 11 is 0. The zero-order valence-corrected chi connectivity index (χ0v) is 17.1. The first kappa shape index (κ1) is 19.7. The molecule has 1 aromatic heterocycles. The minimum atomic E-state index is 0.0456. The summed E-state index contributed by atoms with van der Waals surface area (Å²) in [7, 11) is 1.79. The van der Waals surface area contributed by atoms with Crippen LogP contribution >= 0.6 is 0 Å². The number of carbonyl (C=O) groups is 1. The van der Waals surface area contributed by atoms with E-state index in [1.54, 1.807) is 19.5 Å². The zero-order chi connectivity index (χ0) is 19.6. The maximum atomic E-state index is 13.0. The van der Waals surface area contributed by atoms with Crippen LogP contribution in [-0.4, -0.2) is 84.8 Å². The molecule has 1 aromatic rings. The molecule has 1 amide bonds. The van der Waals surface area contributed by atoms with Gasteiger partial charge in [-0.15, -0.1) is 0 Å². The van der Waals surface area contributed by atoms with Crippen LogP contribution in [0.1, 0.15) is 41.9 Å². The largest absolute Gasteiger partial charge is 0.384 e. The van der Waals surface area contributed by atoms with Gasteiger partial charge in [-0.2, -0.15) is 0 Å². The molecule has 1 aliphatic carbocycles. The van der Waals surface area contributed by atoms with Gasteiger partial charge < -0.3 is 14.4 Å². The van der Waals surface area contributed by atoms with Crippen LogP contribution in [0.25, 0.3) is 0 Å². The van der Waals surface area contributed by atoms with Crippen molar-refractivity contribution < 1.29 is 14.3 Å². The van der Waals surface area contributed by atoms with Gasteiger partial charge in [-0.25, -0.2) is 9.97 Å².